The number of hydrogen-bond donors (Lipinski definition) is 0. The summed E-state index contributed by atoms with van der Waals surface area (Å²) in [5.74, 6) is 0. The van der Waals surface area contributed by atoms with Gasteiger partial charge < -0.3 is 0 Å². The second-order valence-electron chi connectivity index (χ2n) is 3.72. The number of rotatable bonds is 1. The summed E-state index contributed by atoms with van der Waals surface area (Å²) >= 11 is 9.67. The third-order valence-corrected chi connectivity index (χ3v) is 3.52. The highest BCUT2D eigenvalue weighted by molar-refractivity contribution is 9.10. The SMILES string of the molecule is Clc1cc(-c2ccccc2)cc2c(Br)cnn12. The fraction of sp³-hybridized carbons (Fsp3) is 0. The summed E-state index contributed by atoms with van der Waals surface area (Å²) in [6.07, 6.45) is 1.75. The Morgan fingerprint density at radius 2 is 1.82 bits per heavy atom. The summed E-state index contributed by atoms with van der Waals surface area (Å²) in [6, 6.07) is 14.1. The molecule has 0 aliphatic rings. The maximum atomic E-state index is 6.21. The first kappa shape index (κ1) is 10.8. The molecule has 3 aromatic rings. The molecule has 84 valence electrons. The van der Waals surface area contributed by atoms with Gasteiger partial charge in [0, 0.05) is 0 Å². The lowest BCUT2D eigenvalue weighted by Gasteiger charge is -2.04. The van der Waals surface area contributed by atoms with E-state index in [0.717, 1.165) is 21.1 Å². The van der Waals surface area contributed by atoms with Gasteiger partial charge in [-0.25, -0.2) is 4.52 Å². The molecule has 0 aliphatic heterocycles. The van der Waals surface area contributed by atoms with Crippen molar-refractivity contribution in [1.29, 1.82) is 0 Å². The molecular formula is C13H8BrClN2. The minimum atomic E-state index is 0.604. The van der Waals surface area contributed by atoms with Crippen molar-refractivity contribution in [1.82, 2.24) is 9.61 Å². The monoisotopic (exact) mass is 306 g/mol. The molecule has 0 saturated heterocycles. The summed E-state index contributed by atoms with van der Waals surface area (Å²) in [4.78, 5) is 0. The first-order valence-electron chi connectivity index (χ1n) is 5.14. The predicted octanol–water partition coefficient (Wildman–Crippen LogP) is 4.42. The van der Waals surface area contributed by atoms with Crippen molar-refractivity contribution >= 4 is 33.0 Å². The third-order valence-electron chi connectivity index (χ3n) is 2.64. The van der Waals surface area contributed by atoms with Gasteiger partial charge in [0.2, 0.25) is 0 Å². The molecule has 17 heavy (non-hydrogen) atoms. The predicted molar refractivity (Wildman–Crippen MR) is 73.3 cm³/mol. The van der Waals surface area contributed by atoms with Crippen LogP contribution >= 0.6 is 27.5 Å². The van der Waals surface area contributed by atoms with E-state index in [2.05, 4.69) is 39.2 Å². The second kappa shape index (κ2) is 4.17. The van der Waals surface area contributed by atoms with Gasteiger partial charge in [-0.05, 0) is 39.2 Å². The number of nitrogens with zero attached hydrogens (tertiary/aromatic N) is 2. The van der Waals surface area contributed by atoms with Crippen molar-refractivity contribution in [3.63, 3.8) is 0 Å². The first-order chi connectivity index (χ1) is 8.25. The molecule has 0 saturated carbocycles. The Morgan fingerprint density at radius 1 is 1.06 bits per heavy atom. The van der Waals surface area contributed by atoms with Gasteiger partial charge in [0.05, 0.1) is 16.2 Å². The minimum absolute atomic E-state index is 0.604. The lowest BCUT2D eigenvalue weighted by molar-refractivity contribution is 0.962. The van der Waals surface area contributed by atoms with Crippen LogP contribution in [0.1, 0.15) is 0 Å². The van der Waals surface area contributed by atoms with Gasteiger partial charge in [0.25, 0.3) is 0 Å². The summed E-state index contributed by atoms with van der Waals surface area (Å²) < 4.78 is 2.65. The van der Waals surface area contributed by atoms with E-state index in [1.165, 1.54) is 0 Å². The largest absolute Gasteiger partial charge is 0.221 e. The Labute approximate surface area is 112 Å². The number of halogens is 2. The minimum Gasteiger partial charge on any atom is -0.221 e. The molecule has 3 rings (SSSR count). The van der Waals surface area contributed by atoms with Crippen LogP contribution < -0.4 is 0 Å². The van der Waals surface area contributed by atoms with Gasteiger partial charge in [0.1, 0.15) is 5.15 Å². The molecule has 0 atom stereocenters. The van der Waals surface area contributed by atoms with E-state index >= 15 is 0 Å². The molecule has 0 bridgehead atoms. The number of benzene rings is 1. The quantitative estimate of drug-likeness (QED) is 0.608. The normalized spacial score (nSPS) is 10.9. The van der Waals surface area contributed by atoms with E-state index in [1.807, 2.05) is 24.3 Å². The molecule has 0 unspecified atom stereocenters. The molecule has 0 spiro atoms. The van der Waals surface area contributed by atoms with Crippen molar-refractivity contribution in [3.05, 3.63) is 58.3 Å². The molecule has 2 nitrogen and oxygen atoms in total. The van der Waals surface area contributed by atoms with Crippen molar-refractivity contribution in [2.75, 3.05) is 0 Å². The number of aromatic nitrogens is 2. The van der Waals surface area contributed by atoms with E-state index in [-0.39, 0.29) is 0 Å². The smallest absolute Gasteiger partial charge is 0.131 e. The fourth-order valence-corrected chi connectivity index (χ4v) is 2.44. The standard InChI is InChI=1S/C13H8BrClN2/c14-11-8-16-17-12(11)6-10(7-13(17)15)9-4-2-1-3-5-9/h1-8H. The van der Waals surface area contributed by atoms with Crippen molar-refractivity contribution in [2.45, 2.75) is 0 Å². The van der Waals surface area contributed by atoms with Gasteiger partial charge in [-0.15, -0.1) is 0 Å². The fourth-order valence-electron chi connectivity index (χ4n) is 1.81. The van der Waals surface area contributed by atoms with Crippen LogP contribution in [0, 0.1) is 0 Å². The number of pyridine rings is 1. The highest BCUT2D eigenvalue weighted by Gasteiger charge is 2.07. The zero-order chi connectivity index (χ0) is 11.8. The Kier molecular flexibility index (Phi) is 2.65. The number of hydrogen-bond acceptors (Lipinski definition) is 1. The molecule has 0 fully saturated rings. The van der Waals surface area contributed by atoms with E-state index in [9.17, 15) is 0 Å². The summed E-state index contributed by atoms with van der Waals surface area (Å²) in [7, 11) is 0. The van der Waals surface area contributed by atoms with Gasteiger partial charge >= 0.3 is 0 Å². The van der Waals surface area contributed by atoms with Crippen LogP contribution in [0.15, 0.2) is 53.1 Å². The summed E-state index contributed by atoms with van der Waals surface area (Å²) in [5, 5.41) is 4.79. The molecule has 4 heteroatoms. The van der Waals surface area contributed by atoms with Crippen LogP contribution in [-0.2, 0) is 0 Å². The van der Waals surface area contributed by atoms with E-state index in [1.54, 1.807) is 10.7 Å². The maximum absolute atomic E-state index is 6.21. The van der Waals surface area contributed by atoms with Crippen molar-refractivity contribution in [2.24, 2.45) is 0 Å². The van der Waals surface area contributed by atoms with Gasteiger partial charge in [0.15, 0.2) is 0 Å². The van der Waals surface area contributed by atoms with Crippen molar-refractivity contribution < 1.29 is 0 Å². The lowest BCUT2D eigenvalue weighted by Crippen LogP contribution is -1.90. The molecular weight excluding hydrogens is 300 g/mol. The van der Waals surface area contributed by atoms with Gasteiger partial charge in [-0.3, -0.25) is 0 Å². The van der Waals surface area contributed by atoms with Crippen LogP contribution in [0.2, 0.25) is 5.15 Å². The highest BCUT2D eigenvalue weighted by Crippen LogP contribution is 2.28. The molecule has 1 aromatic carbocycles. The third kappa shape index (κ3) is 1.85. The van der Waals surface area contributed by atoms with Gasteiger partial charge in [-0.1, -0.05) is 41.9 Å². The van der Waals surface area contributed by atoms with E-state index in [4.69, 9.17) is 11.6 Å². The Morgan fingerprint density at radius 3 is 2.59 bits per heavy atom. The molecule has 0 aliphatic carbocycles. The molecule has 0 amide bonds. The summed E-state index contributed by atoms with van der Waals surface area (Å²) in [6.45, 7) is 0. The van der Waals surface area contributed by atoms with Gasteiger partial charge in [-0.2, -0.15) is 5.10 Å². The maximum Gasteiger partial charge on any atom is 0.131 e. The Bertz CT molecular complexity index is 676. The van der Waals surface area contributed by atoms with Crippen molar-refractivity contribution in [3.8, 4) is 11.1 Å². The lowest BCUT2D eigenvalue weighted by atomic mass is 10.1. The second-order valence-corrected chi connectivity index (χ2v) is 4.96. The zero-order valence-corrected chi connectivity index (χ0v) is 11.1. The average molecular weight is 308 g/mol. The topological polar surface area (TPSA) is 17.3 Å². The molecule has 2 aromatic heterocycles. The van der Waals surface area contributed by atoms with Crippen LogP contribution in [-0.4, -0.2) is 9.61 Å². The van der Waals surface area contributed by atoms with Crippen LogP contribution in [0.5, 0.6) is 0 Å². The van der Waals surface area contributed by atoms with Crippen LogP contribution in [0.25, 0.3) is 16.6 Å². The highest BCUT2D eigenvalue weighted by atomic mass is 79.9. The molecule has 2 heterocycles. The number of fused-ring (bicyclic) bond motifs is 1. The Balaban J connectivity index is 2.28. The first-order valence-corrected chi connectivity index (χ1v) is 6.31. The average Bonchev–Trinajstić information content (AvgIpc) is 2.73. The summed E-state index contributed by atoms with van der Waals surface area (Å²) in [5.41, 5.74) is 3.20. The zero-order valence-electron chi connectivity index (χ0n) is 8.77. The Hall–Kier alpha value is -1.32. The van der Waals surface area contributed by atoms with E-state index in [0.29, 0.717) is 5.15 Å². The van der Waals surface area contributed by atoms with Crippen LogP contribution in [0.4, 0.5) is 0 Å². The van der Waals surface area contributed by atoms with E-state index < -0.39 is 0 Å². The van der Waals surface area contributed by atoms with Crippen LogP contribution in [0.3, 0.4) is 0 Å². The molecule has 0 radical (unpaired) electrons. The molecule has 0 N–H and O–H groups in total.